The summed E-state index contributed by atoms with van der Waals surface area (Å²) in [5, 5.41) is 7.85. The number of rotatable bonds is 4. The quantitative estimate of drug-likeness (QED) is 0.873. The van der Waals surface area contributed by atoms with Gasteiger partial charge in [-0.05, 0) is 19.4 Å². The Morgan fingerprint density at radius 2 is 2.00 bits per heavy atom. The van der Waals surface area contributed by atoms with Gasteiger partial charge in [0.1, 0.15) is 0 Å². The summed E-state index contributed by atoms with van der Waals surface area (Å²) in [6.07, 6.45) is 2.07. The molecule has 0 aliphatic heterocycles. The minimum atomic E-state index is 0.357. The Balaban J connectivity index is 1.97. The minimum Gasteiger partial charge on any atom is -0.306 e. The average Bonchev–Trinajstić information content (AvgIpc) is 2.66. The molecule has 17 heavy (non-hydrogen) atoms. The molecule has 1 N–H and O–H groups in total. The predicted octanol–water partition coefficient (Wildman–Crippen LogP) is 2.58. The Kier molecular flexibility index (Phi) is 3.59. The van der Waals surface area contributed by atoms with Crippen LogP contribution in [0.4, 0.5) is 0 Å². The first-order valence-corrected chi connectivity index (χ1v) is 5.94. The number of aryl methyl sites for hydroxylation is 2. The Hall–Kier alpha value is -1.61. The molecule has 2 rings (SSSR count). The van der Waals surface area contributed by atoms with Crippen LogP contribution in [0, 0.1) is 6.92 Å². The van der Waals surface area contributed by atoms with Crippen LogP contribution in [-0.2, 0) is 13.6 Å². The van der Waals surface area contributed by atoms with E-state index in [9.17, 15) is 0 Å². The van der Waals surface area contributed by atoms with E-state index in [0.717, 1.165) is 12.2 Å². The van der Waals surface area contributed by atoms with E-state index in [1.54, 1.807) is 0 Å². The van der Waals surface area contributed by atoms with E-state index >= 15 is 0 Å². The van der Waals surface area contributed by atoms with Crippen LogP contribution in [0.25, 0.3) is 0 Å². The molecule has 0 saturated heterocycles. The first kappa shape index (κ1) is 11.9. The van der Waals surface area contributed by atoms with Crippen LogP contribution in [0.5, 0.6) is 0 Å². The molecule has 0 radical (unpaired) electrons. The number of benzene rings is 1. The van der Waals surface area contributed by atoms with Crippen molar-refractivity contribution in [2.75, 3.05) is 0 Å². The molecule has 0 fully saturated rings. The van der Waals surface area contributed by atoms with Gasteiger partial charge in [0.25, 0.3) is 0 Å². The molecule has 0 aliphatic carbocycles. The van der Waals surface area contributed by atoms with Crippen molar-refractivity contribution in [3.63, 3.8) is 0 Å². The zero-order chi connectivity index (χ0) is 12.3. The van der Waals surface area contributed by atoms with Crippen molar-refractivity contribution in [1.29, 1.82) is 0 Å². The maximum atomic E-state index is 4.34. The Morgan fingerprint density at radius 1 is 1.29 bits per heavy atom. The zero-order valence-electron chi connectivity index (χ0n) is 10.6. The Bertz CT molecular complexity index is 473. The van der Waals surface area contributed by atoms with Gasteiger partial charge >= 0.3 is 0 Å². The number of aromatic nitrogens is 2. The predicted molar refractivity (Wildman–Crippen MR) is 69.6 cm³/mol. The summed E-state index contributed by atoms with van der Waals surface area (Å²) in [6.45, 7) is 5.08. The molecule has 0 unspecified atom stereocenters. The lowest BCUT2D eigenvalue weighted by atomic mass is 10.1. The van der Waals surface area contributed by atoms with Gasteiger partial charge in [0, 0.05) is 31.4 Å². The molecule has 0 bridgehead atoms. The molecule has 1 aromatic heterocycles. The van der Waals surface area contributed by atoms with Crippen LogP contribution < -0.4 is 5.32 Å². The van der Waals surface area contributed by atoms with E-state index < -0.39 is 0 Å². The molecule has 1 aromatic carbocycles. The summed E-state index contributed by atoms with van der Waals surface area (Å²) >= 11 is 0. The van der Waals surface area contributed by atoms with Gasteiger partial charge in [0.15, 0.2) is 0 Å². The molecular weight excluding hydrogens is 210 g/mol. The van der Waals surface area contributed by atoms with E-state index in [0.29, 0.717) is 6.04 Å². The average molecular weight is 229 g/mol. The van der Waals surface area contributed by atoms with Crippen molar-refractivity contribution in [1.82, 2.24) is 15.1 Å². The normalized spacial score (nSPS) is 12.6. The van der Waals surface area contributed by atoms with Gasteiger partial charge in [-0.3, -0.25) is 4.68 Å². The maximum absolute atomic E-state index is 4.34. The number of nitrogens with zero attached hydrogens (tertiary/aromatic N) is 2. The minimum absolute atomic E-state index is 0.357. The summed E-state index contributed by atoms with van der Waals surface area (Å²) in [5.41, 5.74) is 3.67. The molecular formula is C14H19N3. The lowest BCUT2D eigenvalue weighted by Crippen LogP contribution is -2.18. The first-order chi connectivity index (χ1) is 8.16. The van der Waals surface area contributed by atoms with Crippen molar-refractivity contribution < 1.29 is 0 Å². The molecule has 0 saturated carbocycles. The molecule has 1 heterocycles. The van der Waals surface area contributed by atoms with Crippen LogP contribution >= 0.6 is 0 Å². The summed E-state index contributed by atoms with van der Waals surface area (Å²) < 4.78 is 1.86. The third-order valence-electron chi connectivity index (χ3n) is 3.01. The monoisotopic (exact) mass is 229 g/mol. The van der Waals surface area contributed by atoms with Gasteiger partial charge in [0.05, 0.1) is 5.69 Å². The van der Waals surface area contributed by atoms with Gasteiger partial charge in [-0.25, -0.2) is 0 Å². The summed E-state index contributed by atoms with van der Waals surface area (Å²) in [6, 6.07) is 10.8. The molecule has 1 atom stereocenters. The first-order valence-electron chi connectivity index (χ1n) is 5.94. The Labute approximate surface area is 102 Å². The van der Waals surface area contributed by atoms with Crippen LogP contribution in [0.2, 0.25) is 0 Å². The molecule has 0 aliphatic rings. The SMILES string of the molecule is Cc1nn(C)cc1CN[C@@H](C)c1ccccc1. The standard InChI is InChI=1S/C14H19N3/c1-11(13-7-5-4-6-8-13)15-9-14-10-17(3)16-12(14)2/h4-8,10-11,15H,9H2,1-3H3/t11-/m0/s1. The van der Waals surface area contributed by atoms with Gasteiger partial charge < -0.3 is 5.32 Å². The van der Waals surface area contributed by atoms with Crippen molar-refractivity contribution in [2.45, 2.75) is 26.4 Å². The van der Waals surface area contributed by atoms with Gasteiger partial charge in [0.2, 0.25) is 0 Å². The highest BCUT2D eigenvalue weighted by molar-refractivity contribution is 5.19. The molecule has 2 aromatic rings. The van der Waals surface area contributed by atoms with Crippen molar-refractivity contribution >= 4 is 0 Å². The fraction of sp³-hybridized carbons (Fsp3) is 0.357. The second kappa shape index (κ2) is 5.15. The van der Waals surface area contributed by atoms with Crippen molar-refractivity contribution in [2.24, 2.45) is 7.05 Å². The third kappa shape index (κ3) is 2.94. The van der Waals surface area contributed by atoms with Crippen molar-refractivity contribution in [3.8, 4) is 0 Å². The molecule has 0 spiro atoms. The fourth-order valence-electron chi connectivity index (χ4n) is 1.94. The highest BCUT2D eigenvalue weighted by atomic mass is 15.2. The smallest absolute Gasteiger partial charge is 0.0638 e. The second-order valence-corrected chi connectivity index (χ2v) is 4.43. The lowest BCUT2D eigenvalue weighted by Gasteiger charge is -2.13. The highest BCUT2D eigenvalue weighted by Gasteiger charge is 2.06. The van der Waals surface area contributed by atoms with E-state index in [1.807, 2.05) is 24.7 Å². The summed E-state index contributed by atoms with van der Waals surface area (Å²) in [5.74, 6) is 0. The number of nitrogens with one attached hydrogen (secondary N) is 1. The topological polar surface area (TPSA) is 29.9 Å². The van der Waals surface area contributed by atoms with Crippen LogP contribution in [-0.4, -0.2) is 9.78 Å². The van der Waals surface area contributed by atoms with Gasteiger partial charge in [-0.1, -0.05) is 30.3 Å². The molecule has 90 valence electrons. The second-order valence-electron chi connectivity index (χ2n) is 4.43. The van der Waals surface area contributed by atoms with E-state index in [1.165, 1.54) is 11.1 Å². The zero-order valence-corrected chi connectivity index (χ0v) is 10.6. The maximum Gasteiger partial charge on any atom is 0.0638 e. The fourth-order valence-corrected chi connectivity index (χ4v) is 1.94. The third-order valence-corrected chi connectivity index (χ3v) is 3.01. The van der Waals surface area contributed by atoms with Crippen LogP contribution in [0.1, 0.15) is 29.8 Å². The molecule has 0 amide bonds. The Morgan fingerprint density at radius 3 is 2.59 bits per heavy atom. The van der Waals surface area contributed by atoms with E-state index in [2.05, 4.69) is 47.8 Å². The van der Waals surface area contributed by atoms with E-state index in [4.69, 9.17) is 0 Å². The van der Waals surface area contributed by atoms with E-state index in [-0.39, 0.29) is 0 Å². The van der Waals surface area contributed by atoms with Crippen LogP contribution in [0.15, 0.2) is 36.5 Å². The van der Waals surface area contributed by atoms with Crippen LogP contribution in [0.3, 0.4) is 0 Å². The summed E-state index contributed by atoms with van der Waals surface area (Å²) in [7, 11) is 1.96. The lowest BCUT2D eigenvalue weighted by molar-refractivity contribution is 0.573. The molecule has 3 heteroatoms. The summed E-state index contributed by atoms with van der Waals surface area (Å²) in [4.78, 5) is 0. The van der Waals surface area contributed by atoms with Crippen molar-refractivity contribution in [3.05, 3.63) is 53.3 Å². The number of hydrogen-bond donors (Lipinski definition) is 1. The largest absolute Gasteiger partial charge is 0.306 e. The molecule has 3 nitrogen and oxygen atoms in total. The highest BCUT2D eigenvalue weighted by Crippen LogP contribution is 2.13. The number of hydrogen-bond acceptors (Lipinski definition) is 2. The van der Waals surface area contributed by atoms with Gasteiger partial charge in [-0.2, -0.15) is 5.10 Å². The van der Waals surface area contributed by atoms with Gasteiger partial charge in [-0.15, -0.1) is 0 Å².